The topological polar surface area (TPSA) is 79.5 Å². The number of nitrogens with two attached hydrogens (primary N) is 1. The van der Waals surface area contributed by atoms with Crippen LogP contribution < -0.4 is 10.6 Å². The highest BCUT2D eigenvalue weighted by Gasteiger charge is 2.13. The Kier molecular flexibility index (Phi) is 5.09. The number of pyridine rings is 1. The van der Waals surface area contributed by atoms with Gasteiger partial charge in [-0.25, -0.2) is 4.98 Å². The van der Waals surface area contributed by atoms with E-state index < -0.39 is 6.10 Å². The molecule has 1 amide bonds. The fraction of sp³-hybridized carbons (Fsp3) is 0.538. The number of rotatable bonds is 6. The van der Waals surface area contributed by atoms with E-state index in [-0.39, 0.29) is 12.5 Å². The van der Waals surface area contributed by atoms with E-state index in [1.165, 1.54) is 0 Å². The fourth-order valence-corrected chi connectivity index (χ4v) is 1.70. The minimum Gasteiger partial charge on any atom is -0.389 e. The Morgan fingerprint density at radius 3 is 2.50 bits per heavy atom. The average molecular weight is 251 g/mol. The molecular formula is C13H21N3O2. The summed E-state index contributed by atoms with van der Waals surface area (Å²) in [7, 11) is 0. The van der Waals surface area contributed by atoms with Crippen molar-refractivity contribution < 1.29 is 9.90 Å². The molecule has 0 saturated carbocycles. The minimum atomic E-state index is -0.541. The molecule has 0 bridgehead atoms. The van der Waals surface area contributed by atoms with Gasteiger partial charge >= 0.3 is 0 Å². The Labute approximate surface area is 108 Å². The van der Waals surface area contributed by atoms with Gasteiger partial charge in [-0.2, -0.15) is 0 Å². The summed E-state index contributed by atoms with van der Waals surface area (Å²) in [5.41, 5.74) is 5.99. The molecule has 5 nitrogen and oxygen atoms in total. The molecule has 1 aromatic rings. The Bertz CT molecular complexity index is 388. The second-order valence-corrected chi connectivity index (χ2v) is 4.87. The monoisotopic (exact) mass is 251 g/mol. The van der Waals surface area contributed by atoms with Gasteiger partial charge in [0.1, 0.15) is 5.82 Å². The van der Waals surface area contributed by atoms with Crippen LogP contribution >= 0.6 is 0 Å². The lowest BCUT2D eigenvalue weighted by molar-refractivity contribution is -0.116. The molecule has 1 heterocycles. The van der Waals surface area contributed by atoms with Gasteiger partial charge in [-0.15, -0.1) is 0 Å². The van der Waals surface area contributed by atoms with Crippen molar-refractivity contribution in [3.8, 4) is 0 Å². The summed E-state index contributed by atoms with van der Waals surface area (Å²) >= 11 is 0. The van der Waals surface area contributed by atoms with E-state index in [0.717, 1.165) is 5.56 Å². The number of nitrogens with zero attached hydrogens (tertiary/aromatic N) is 2. The maximum absolute atomic E-state index is 11.1. The van der Waals surface area contributed by atoms with Crippen LogP contribution in [0.5, 0.6) is 0 Å². The molecule has 100 valence electrons. The molecule has 0 fully saturated rings. The van der Waals surface area contributed by atoms with Crippen molar-refractivity contribution in [3.05, 3.63) is 23.9 Å². The molecule has 0 saturated heterocycles. The number of anilines is 1. The van der Waals surface area contributed by atoms with Crippen LogP contribution in [-0.4, -0.2) is 29.1 Å². The van der Waals surface area contributed by atoms with E-state index in [1.54, 1.807) is 25.3 Å². The number of hydrogen-bond donors (Lipinski definition) is 2. The van der Waals surface area contributed by atoms with Crippen LogP contribution in [-0.2, 0) is 4.79 Å². The van der Waals surface area contributed by atoms with Crippen LogP contribution in [0, 0.1) is 5.92 Å². The van der Waals surface area contributed by atoms with Gasteiger partial charge in [-0.1, -0.05) is 19.9 Å². The van der Waals surface area contributed by atoms with E-state index in [1.807, 2.05) is 4.90 Å². The molecule has 0 aliphatic rings. The van der Waals surface area contributed by atoms with Crippen LogP contribution in [0.3, 0.4) is 0 Å². The molecule has 1 aromatic heterocycles. The highest BCUT2D eigenvalue weighted by molar-refractivity contribution is 5.79. The predicted molar refractivity (Wildman–Crippen MR) is 71.1 cm³/mol. The summed E-state index contributed by atoms with van der Waals surface area (Å²) in [6, 6.07) is 3.61. The number of aliphatic hydroxyl groups excluding tert-OH is 1. The van der Waals surface area contributed by atoms with Gasteiger partial charge in [0.15, 0.2) is 0 Å². The quantitative estimate of drug-likeness (QED) is 0.793. The van der Waals surface area contributed by atoms with E-state index in [2.05, 4.69) is 18.8 Å². The van der Waals surface area contributed by atoms with Gasteiger partial charge in [0.2, 0.25) is 5.91 Å². The lowest BCUT2D eigenvalue weighted by atomic mass is 10.1. The summed E-state index contributed by atoms with van der Waals surface area (Å²) < 4.78 is 0. The van der Waals surface area contributed by atoms with Gasteiger partial charge in [0.25, 0.3) is 0 Å². The largest absolute Gasteiger partial charge is 0.389 e. The molecular weight excluding hydrogens is 230 g/mol. The van der Waals surface area contributed by atoms with Crippen molar-refractivity contribution in [2.75, 3.05) is 18.0 Å². The normalized spacial score (nSPS) is 12.5. The van der Waals surface area contributed by atoms with E-state index in [9.17, 15) is 9.90 Å². The van der Waals surface area contributed by atoms with Crippen LogP contribution in [0.2, 0.25) is 0 Å². The van der Waals surface area contributed by atoms with Crippen molar-refractivity contribution in [3.63, 3.8) is 0 Å². The molecule has 18 heavy (non-hydrogen) atoms. The summed E-state index contributed by atoms with van der Waals surface area (Å²) in [5.74, 6) is 0.728. The zero-order chi connectivity index (χ0) is 13.7. The number of hydrogen-bond acceptors (Lipinski definition) is 4. The summed E-state index contributed by atoms with van der Waals surface area (Å²) in [5, 5.41) is 9.42. The number of aromatic nitrogens is 1. The maximum atomic E-state index is 11.1. The summed E-state index contributed by atoms with van der Waals surface area (Å²) in [6.07, 6.45) is 1.08. The third-order valence-corrected chi connectivity index (χ3v) is 2.51. The molecule has 0 aromatic carbocycles. The molecule has 0 aliphatic heterocycles. The lowest BCUT2D eigenvalue weighted by Gasteiger charge is -2.24. The molecule has 1 rings (SSSR count). The van der Waals surface area contributed by atoms with Crippen molar-refractivity contribution in [1.82, 2.24) is 4.98 Å². The van der Waals surface area contributed by atoms with Gasteiger partial charge in [0, 0.05) is 12.7 Å². The molecule has 5 heteroatoms. The highest BCUT2D eigenvalue weighted by Crippen LogP contribution is 2.16. The molecule has 3 N–H and O–H groups in total. The van der Waals surface area contributed by atoms with Crippen LogP contribution in [0.25, 0.3) is 0 Å². The summed E-state index contributed by atoms with van der Waals surface area (Å²) in [6.45, 7) is 6.69. The first-order chi connectivity index (χ1) is 8.40. The van der Waals surface area contributed by atoms with Gasteiger partial charge in [0.05, 0.1) is 12.6 Å². The standard InChI is InChI=1S/C13H21N3O2/c1-9(2)7-16(8-12(14)18)13-5-4-11(6-15-13)10(3)17/h4-6,9-10,17H,7-8H2,1-3H3,(H2,14,18)/t10-/m0/s1. The first kappa shape index (κ1) is 14.4. The first-order valence-electron chi connectivity index (χ1n) is 6.07. The zero-order valence-electron chi connectivity index (χ0n) is 11.1. The highest BCUT2D eigenvalue weighted by atomic mass is 16.3. The second kappa shape index (κ2) is 6.35. The van der Waals surface area contributed by atoms with Crippen LogP contribution in [0.4, 0.5) is 5.82 Å². The SMILES string of the molecule is CC(C)CN(CC(N)=O)c1ccc([C@H](C)O)cn1. The van der Waals surface area contributed by atoms with Crippen molar-refractivity contribution >= 4 is 11.7 Å². The molecule has 1 atom stereocenters. The third-order valence-electron chi connectivity index (χ3n) is 2.51. The number of amides is 1. The predicted octanol–water partition coefficient (Wildman–Crippen LogP) is 1.08. The fourth-order valence-electron chi connectivity index (χ4n) is 1.70. The molecule has 0 radical (unpaired) electrons. The number of primary amides is 1. The first-order valence-corrected chi connectivity index (χ1v) is 6.07. The maximum Gasteiger partial charge on any atom is 0.236 e. The minimum absolute atomic E-state index is 0.152. The number of aliphatic hydroxyl groups is 1. The number of carbonyl (C=O) groups is 1. The van der Waals surface area contributed by atoms with Crippen LogP contribution in [0.1, 0.15) is 32.4 Å². The third kappa shape index (κ3) is 4.33. The van der Waals surface area contributed by atoms with Crippen molar-refractivity contribution in [2.24, 2.45) is 11.7 Å². The van der Waals surface area contributed by atoms with Gasteiger partial charge < -0.3 is 15.7 Å². The van der Waals surface area contributed by atoms with Crippen LogP contribution in [0.15, 0.2) is 18.3 Å². The van der Waals surface area contributed by atoms with E-state index >= 15 is 0 Å². The Hall–Kier alpha value is -1.62. The Morgan fingerprint density at radius 2 is 2.11 bits per heavy atom. The molecule has 0 spiro atoms. The molecule has 0 aliphatic carbocycles. The summed E-state index contributed by atoms with van der Waals surface area (Å²) in [4.78, 5) is 17.2. The van der Waals surface area contributed by atoms with Gasteiger partial charge in [-0.3, -0.25) is 4.79 Å². The smallest absolute Gasteiger partial charge is 0.236 e. The Balaban J connectivity index is 2.87. The van der Waals surface area contributed by atoms with Gasteiger partial charge in [-0.05, 0) is 24.5 Å². The van der Waals surface area contributed by atoms with Crippen molar-refractivity contribution in [2.45, 2.75) is 26.9 Å². The zero-order valence-corrected chi connectivity index (χ0v) is 11.1. The lowest BCUT2D eigenvalue weighted by Crippen LogP contribution is -2.36. The van der Waals surface area contributed by atoms with E-state index in [0.29, 0.717) is 18.3 Å². The van der Waals surface area contributed by atoms with E-state index in [4.69, 9.17) is 5.73 Å². The second-order valence-electron chi connectivity index (χ2n) is 4.87. The molecule has 0 unspecified atom stereocenters. The average Bonchev–Trinajstić information content (AvgIpc) is 2.27. The Morgan fingerprint density at radius 1 is 1.44 bits per heavy atom. The number of carbonyl (C=O) groups excluding carboxylic acids is 1. The van der Waals surface area contributed by atoms with Crippen molar-refractivity contribution in [1.29, 1.82) is 0 Å².